The molecular weight excluding hydrogens is 349 g/mol. The van der Waals surface area contributed by atoms with Gasteiger partial charge in [0.25, 0.3) is 11.8 Å². The third-order valence-corrected chi connectivity index (χ3v) is 4.15. The average Bonchev–Trinajstić information content (AvgIpc) is 2.79. The van der Waals surface area contributed by atoms with Crippen LogP contribution in [0.4, 0.5) is 5.69 Å². The molecule has 0 radical (unpaired) electrons. The Labute approximate surface area is 149 Å². The van der Waals surface area contributed by atoms with Gasteiger partial charge in [0, 0.05) is 11.1 Å². The van der Waals surface area contributed by atoms with Crippen LogP contribution in [0.15, 0.2) is 53.6 Å². The molecular formula is C18H13Cl2NO3. The maximum absolute atomic E-state index is 12.8. The van der Waals surface area contributed by atoms with Gasteiger partial charge in [0.05, 0.1) is 17.9 Å². The number of carbonyl (C=O) groups excluding carboxylic acids is 2. The number of anilines is 1. The molecule has 0 atom stereocenters. The van der Waals surface area contributed by atoms with E-state index in [1.807, 2.05) is 6.92 Å². The van der Waals surface area contributed by atoms with Crippen LogP contribution in [0.5, 0.6) is 5.75 Å². The molecule has 0 aromatic heterocycles. The number of benzene rings is 2. The van der Waals surface area contributed by atoms with Gasteiger partial charge in [-0.15, -0.1) is 0 Å². The van der Waals surface area contributed by atoms with E-state index in [-0.39, 0.29) is 10.6 Å². The molecule has 0 unspecified atom stereocenters. The molecule has 0 fully saturated rings. The number of ether oxygens (including phenoxy) is 1. The summed E-state index contributed by atoms with van der Waals surface area (Å²) in [6.45, 7) is 2.34. The summed E-state index contributed by atoms with van der Waals surface area (Å²) in [5.41, 5.74) is 1.13. The van der Waals surface area contributed by atoms with Crippen LogP contribution in [0, 0.1) is 0 Å². The molecule has 1 heterocycles. The quantitative estimate of drug-likeness (QED) is 0.764. The Bertz CT molecular complexity index is 844. The molecule has 0 bridgehead atoms. The second-order valence-corrected chi connectivity index (χ2v) is 5.89. The predicted octanol–water partition coefficient (Wildman–Crippen LogP) is 4.26. The fourth-order valence-electron chi connectivity index (χ4n) is 2.48. The largest absolute Gasteiger partial charge is 0.494 e. The zero-order chi connectivity index (χ0) is 17.3. The number of carbonyl (C=O) groups is 2. The van der Waals surface area contributed by atoms with Crippen LogP contribution in [0.2, 0.25) is 5.02 Å². The molecule has 2 amide bonds. The van der Waals surface area contributed by atoms with E-state index in [1.165, 1.54) is 0 Å². The fourth-order valence-corrected chi connectivity index (χ4v) is 2.88. The molecule has 2 aromatic carbocycles. The molecule has 0 spiro atoms. The van der Waals surface area contributed by atoms with Crippen molar-refractivity contribution in [1.29, 1.82) is 0 Å². The lowest BCUT2D eigenvalue weighted by Crippen LogP contribution is -2.31. The third kappa shape index (κ3) is 2.90. The number of rotatable bonds is 4. The zero-order valence-corrected chi connectivity index (χ0v) is 14.3. The second-order valence-electron chi connectivity index (χ2n) is 5.07. The molecule has 2 aromatic rings. The van der Waals surface area contributed by atoms with Gasteiger partial charge in [-0.3, -0.25) is 9.59 Å². The summed E-state index contributed by atoms with van der Waals surface area (Å²) in [6, 6.07) is 13.4. The fraction of sp³-hybridized carbons (Fsp3) is 0.111. The van der Waals surface area contributed by atoms with Crippen LogP contribution < -0.4 is 9.64 Å². The van der Waals surface area contributed by atoms with Gasteiger partial charge < -0.3 is 4.74 Å². The first-order valence-electron chi connectivity index (χ1n) is 7.30. The normalized spacial score (nSPS) is 14.5. The summed E-state index contributed by atoms with van der Waals surface area (Å²) in [5, 5.41) is 0.428. The van der Waals surface area contributed by atoms with Crippen LogP contribution in [-0.2, 0) is 9.59 Å². The van der Waals surface area contributed by atoms with E-state index in [4.69, 9.17) is 27.9 Å². The van der Waals surface area contributed by atoms with Gasteiger partial charge in [-0.25, -0.2) is 4.90 Å². The third-order valence-electron chi connectivity index (χ3n) is 3.55. The number of hydrogen-bond donors (Lipinski definition) is 0. The van der Waals surface area contributed by atoms with Crippen molar-refractivity contribution in [3.63, 3.8) is 0 Å². The first kappa shape index (κ1) is 16.6. The average molecular weight is 362 g/mol. The van der Waals surface area contributed by atoms with Crippen molar-refractivity contribution in [2.75, 3.05) is 11.5 Å². The lowest BCUT2D eigenvalue weighted by Gasteiger charge is -2.16. The van der Waals surface area contributed by atoms with Crippen molar-refractivity contribution in [2.45, 2.75) is 6.92 Å². The highest BCUT2D eigenvalue weighted by atomic mass is 35.5. The second kappa shape index (κ2) is 6.67. The zero-order valence-electron chi connectivity index (χ0n) is 12.8. The topological polar surface area (TPSA) is 46.6 Å². The predicted molar refractivity (Wildman–Crippen MR) is 94.3 cm³/mol. The van der Waals surface area contributed by atoms with Crippen molar-refractivity contribution in [1.82, 2.24) is 0 Å². The van der Waals surface area contributed by atoms with Crippen molar-refractivity contribution in [2.24, 2.45) is 0 Å². The van der Waals surface area contributed by atoms with Crippen molar-refractivity contribution >= 4 is 46.3 Å². The standard InChI is InChI=1S/C18H13Cl2NO3/c1-2-24-14-5-3-4-13(10-14)21-17(22)15(16(20)18(21)23)11-6-8-12(19)9-7-11/h3-10H,2H2,1H3. The van der Waals surface area contributed by atoms with Gasteiger partial charge in [0.1, 0.15) is 10.8 Å². The molecule has 24 heavy (non-hydrogen) atoms. The van der Waals surface area contributed by atoms with Gasteiger partial charge >= 0.3 is 0 Å². The highest BCUT2D eigenvalue weighted by molar-refractivity contribution is 6.60. The van der Waals surface area contributed by atoms with Crippen LogP contribution in [0.25, 0.3) is 5.57 Å². The highest BCUT2D eigenvalue weighted by Crippen LogP contribution is 2.36. The van der Waals surface area contributed by atoms with Crippen molar-refractivity contribution in [3.8, 4) is 5.75 Å². The Hall–Kier alpha value is -2.30. The molecule has 1 aliphatic rings. The lowest BCUT2D eigenvalue weighted by atomic mass is 10.1. The minimum absolute atomic E-state index is 0.107. The first-order valence-corrected chi connectivity index (χ1v) is 8.06. The van der Waals surface area contributed by atoms with E-state index >= 15 is 0 Å². The maximum atomic E-state index is 12.8. The van der Waals surface area contributed by atoms with E-state index < -0.39 is 11.8 Å². The van der Waals surface area contributed by atoms with E-state index in [1.54, 1.807) is 48.5 Å². The Morgan fingerprint density at radius 1 is 1.00 bits per heavy atom. The summed E-state index contributed by atoms with van der Waals surface area (Å²) >= 11 is 12.0. The number of imide groups is 1. The van der Waals surface area contributed by atoms with E-state index in [2.05, 4.69) is 0 Å². The summed E-state index contributed by atoms with van der Waals surface area (Å²) in [4.78, 5) is 26.3. The summed E-state index contributed by atoms with van der Waals surface area (Å²) in [5.74, 6) is -0.451. The van der Waals surface area contributed by atoms with Gasteiger partial charge in [-0.2, -0.15) is 0 Å². The molecule has 1 aliphatic heterocycles. The van der Waals surface area contributed by atoms with E-state index in [9.17, 15) is 9.59 Å². The number of halogens is 2. The van der Waals surface area contributed by atoms with Gasteiger partial charge in [0.2, 0.25) is 0 Å². The molecule has 3 rings (SSSR count). The number of nitrogens with zero attached hydrogens (tertiary/aromatic N) is 1. The Morgan fingerprint density at radius 3 is 2.38 bits per heavy atom. The summed E-state index contributed by atoms with van der Waals surface area (Å²) < 4.78 is 5.42. The van der Waals surface area contributed by atoms with Crippen molar-refractivity contribution < 1.29 is 14.3 Å². The van der Waals surface area contributed by atoms with Gasteiger partial charge in [0.15, 0.2) is 0 Å². The van der Waals surface area contributed by atoms with Crippen LogP contribution >= 0.6 is 23.2 Å². The van der Waals surface area contributed by atoms with Crippen molar-refractivity contribution in [3.05, 3.63) is 64.1 Å². The summed E-state index contributed by atoms with van der Waals surface area (Å²) in [7, 11) is 0. The van der Waals surface area contributed by atoms with Crippen LogP contribution in [0.1, 0.15) is 12.5 Å². The molecule has 6 heteroatoms. The molecule has 0 N–H and O–H groups in total. The Kier molecular flexibility index (Phi) is 4.60. The first-order chi connectivity index (χ1) is 11.5. The Balaban J connectivity index is 1.99. The van der Waals surface area contributed by atoms with E-state index in [0.717, 1.165) is 4.90 Å². The van der Waals surface area contributed by atoms with Crippen LogP contribution in [0.3, 0.4) is 0 Å². The van der Waals surface area contributed by atoms with Gasteiger partial charge in [-0.1, -0.05) is 41.4 Å². The Morgan fingerprint density at radius 2 is 1.71 bits per heavy atom. The smallest absolute Gasteiger partial charge is 0.277 e. The monoisotopic (exact) mass is 361 g/mol. The molecule has 0 saturated heterocycles. The molecule has 122 valence electrons. The maximum Gasteiger partial charge on any atom is 0.277 e. The van der Waals surface area contributed by atoms with E-state index in [0.29, 0.717) is 28.6 Å². The minimum atomic E-state index is -0.555. The highest BCUT2D eigenvalue weighted by Gasteiger charge is 2.39. The summed E-state index contributed by atoms with van der Waals surface area (Å²) in [6.07, 6.45) is 0. The molecule has 0 aliphatic carbocycles. The number of hydrogen-bond acceptors (Lipinski definition) is 3. The SMILES string of the molecule is CCOc1cccc(N2C(=O)C(Cl)=C(c3ccc(Cl)cc3)C2=O)c1. The minimum Gasteiger partial charge on any atom is -0.494 e. The van der Waals surface area contributed by atoms with Crippen LogP contribution in [-0.4, -0.2) is 18.4 Å². The number of amides is 2. The lowest BCUT2D eigenvalue weighted by molar-refractivity contribution is -0.119. The molecule has 0 saturated carbocycles. The molecule has 4 nitrogen and oxygen atoms in total. The van der Waals surface area contributed by atoms with Gasteiger partial charge in [-0.05, 0) is 36.8 Å².